The number of hydrogen-bond donors (Lipinski definition) is 1. The largest absolute Gasteiger partial charge is 0.309 e. The lowest BCUT2D eigenvalue weighted by Gasteiger charge is -2.29. The van der Waals surface area contributed by atoms with Crippen LogP contribution in [0.25, 0.3) is 0 Å². The minimum absolute atomic E-state index is 0.195. The van der Waals surface area contributed by atoms with Crippen LogP contribution in [0.3, 0.4) is 0 Å². The van der Waals surface area contributed by atoms with Crippen LogP contribution in [0, 0.1) is 0 Å². The van der Waals surface area contributed by atoms with Crippen molar-refractivity contribution < 1.29 is 4.79 Å². The van der Waals surface area contributed by atoms with Gasteiger partial charge in [-0.15, -0.1) is 0 Å². The average Bonchev–Trinajstić information content (AvgIpc) is 2.71. The monoisotopic (exact) mass is 258 g/mol. The van der Waals surface area contributed by atoms with Gasteiger partial charge in [0.15, 0.2) is 0 Å². The van der Waals surface area contributed by atoms with Crippen molar-refractivity contribution in [3.63, 3.8) is 0 Å². The van der Waals surface area contributed by atoms with Crippen LogP contribution in [0.4, 0.5) is 0 Å². The fraction of sp³-hybridized carbons (Fsp3) is 0.562. The summed E-state index contributed by atoms with van der Waals surface area (Å²) in [7, 11) is 0. The van der Waals surface area contributed by atoms with Crippen LogP contribution in [0.15, 0.2) is 30.3 Å². The molecule has 0 aromatic heterocycles. The molecule has 1 spiro atoms. The van der Waals surface area contributed by atoms with Gasteiger partial charge in [0.05, 0.1) is 0 Å². The molecule has 2 heterocycles. The van der Waals surface area contributed by atoms with Crippen LogP contribution < -0.4 is 5.32 Å². The van der Waals surface area contributed by atoms with E-state index >= 15 is 0 Å². The molecule has 2 aliphatic rings. The van der Waals surface area contributed by atoms with E-state index < -0.39 is 0 Å². The van der Waals surface area contributed by atoms with Crippen molar-refractivity contribution in [2.24, 2.45) is 0 Å². The van der Waals surface area contributed by atoms with Crippen LogP contribution in [0.1, 0.15) is 31.2 Å². The second kappa shape index (κ2) is 5.43. The van der Waals surface area contributed by atoms with Gasteiger partial charge in [-0.2, -0.15) is 0 Å². The molecule has 1 N–H and O–H groups in total. The molecule has 0 saturated carbocycles. The topological polar surface area (TPSA) is 32.3 Å². The lowest BCUT2D eigenvalue weighted by molar-refractivity contribution is -0.118. The SMILES string of the molecule is O=C1CCNC2(CC1)CCN(Cc1ccccc1)C2. The average molecular weight is 258 g/mol. The molecule has 1 aromatic carbocycles. The van der Waals surface area contributed by atoms with E-state index in [-0.39, 0.29) is 5.54 Å². The molecule has 0 amide bonds. The summed E-state index contributed by atoms with van der Waals surface area (Å²) in [5, 5.41) is 3.64. The molecule has 19 heavy (non-hydrogen) atoms. The van der Waals surface area contributed by atoms with Gasteiger partial charge >= 0.3 is 0 Å². The van der Waals surface area contributed by atoms with Crippen LogP contribution in [-0.2, 0) is 11.3 Å². The maximum Gasteiger partial charge on any atom is 0.134 e. The molecule has 102 valence electrons. The number of carbonyl (C=O) groups is 1. The second-order valence-corrected chi connectivity index (χ2v) is 5.94. The van der Waals surface area contributed by atoms with Crippen LogP contribution in [0.2, 0.25) is 0 Å². The summed E-state index contributed by atoms with van der Waals surface area (Å²) in [6, 6.07) is 10.6. The van der Waals surface area contributed by atoms with Crippen molar-refractivity contribution in [2.75, 3.05) is 19.6 Å². The number of likely N-dealkylation sites (tertiary alicyclic amines) is 1. The number of nitrogens with zero attached hydrogens (tertiary/aromatic N) is 1. The summed E-state index contributed by atoms with van der Waals surface area (Å²) < 4.78 is 0. The Labute approximate surface area is 115 Å². The Kier molecular flexibility index (Phi) is 3.67. The zero-order valence-corrected chi connectivity index (χ0v) is 11.4. The number of benzene rings is 1. The molecule has 0 bridgehead atoms. The van der Waals surface area contributed by atoms with Crippen molar-refractivity contribution in [2.45, 2.75) is 37.8 Å². The summed E-state index contributed by atoms with van der Waals surface area (Å²) in [5.74, 6) is 0.422. The Hall–Kier alpha value is -1.19. The third-order valence-electron chi connectivity index (χ3n) is 4.47. The highest BCUT2D eigenvalue weighted by Gasteiger charge is 2.38. The van der Waals surface area contributed by atoms with Crippen LogP contribution in [0.5, 0.6) is 0 Å². The van der Waals surface area contributed by atoms with Gasteiger partial charge in [-0.1, -0.05) is 30.3 Å². The number of ketones is 1. The van der Waals surface area contributed by atoms with E-state index in [1.807, 2.05) is 0 Å². The summed E-state index contributed by atoms with van der Waals surface area (Å²) in [4.78, 5) is 14.1. The van der Waals surface area contributed by atoms with Crippen molar-refractivity contribution in [1.29, 1.82) is 0 Å². The van der Waals surface area contributed by atoms with Crippen molar-refractivity contribution in [3.8, 4) is 0 Å². The van der Waals surface area contributed by atoms with Gasteiger partial charge in [0.2, 0.25) is 0 Å². The Balaban J connectivity index is 1.61. The minimum atomic E-state index is 0.195. The molecule has 0 radical (unpaired) electrons. The summed E-state index contributed by atoms with van der Waals surface area (Å²) >= 11 is 0. The van der Waals surface area contributed by atoms with Gasteiger partial charge in [0, 0.05) is 44.6 Å². The smallest absolute Gasteiger partial charge is 0.134 e. The second-order valence-electron chi connectivity index (χ2n) is 5.94. The van der Waals surface area contributed by atoms with E-state index in [9.17, 15) is 4.79 Å². The maximum atomic E-state index is 11.5. The van der Waals surface area contributed by atoms with Gasteiger partial charge < -0.3 is 5.32 Å². The predicted octanol–water partition coefficient (Wildman–Crippen LogP) is 1.97. The molecule has 2 aliphatic heterocycles. The highest BCUT2D eigenvalue weighted by Crippen LogP contribution is 2.29. The molecule has 2 saturated heterocycles. The normalized spacial score (nSPS) is 28.7. The van der Waals surface area contributed by atoms with Gasteiger partial charge in [-0.25, -0.2) is 0 Å². The third kappa shape index (κ3) is 3.04. The molecule has 1 unspecified atom stereocenters. The molecule has 1 atom stereocenters. The zero-order valence-electron chi connectivity index (χ0n) is 11.4. The molecule has 3 nitrogen and oxygen atoms in total. The standard InChI is InChI=1S/C16H22N2O/c19-15-6-8-16(17-10-7-15)9-11-18(13-16)12-14-4-2-1-3-5-14/h1-5,17H,6-13H2. The number of Topliss-reactive ketones (excluding diaryl/α,β-unsaturated/α-hetero) is 1. The van der Waals surface area contributed by atoms with E-state index in [1.165, 1.54) is 12.0 Å². The fourth-order valence-corrected chi connectivity index (χ4v) is 3.34. The first-order chi connectivity index (χ1) is 9.26. The fourth-order valence-electron chi connectivity index (χ4n) is 3.34. The molecule has 0 aliphatic carbocycles. The molecule has 2 fully saturated rings. The van der Waals surface area contributed by atoms with Crippen LogP contribution >= 0.6 is 0 Å². The molecule has 3 rings (SSSR count). The van der Waals surface area contributed by atoms with Gasteiger partial charge in [-0.05, 0) is 18.4 Å². The van der Waals surface area contributed by atoms with E-state index in [1.54, 1.807) is 0 Å². The lowest BCUT2D eigenvalue weighted by Crippen LogP contribution is -2.46. The first-order valence-corrected chi connectivity index (χ1v) is 7.29. The minimum Gasteiger partial charge on any atom is -0.309 e. The van der Waals surface area contributed by atoms with Gasteiger partial charge in [-0.3, -0.25) is 9.69 Å². The Morgan fingerprint density at radius 3 is 2.84 bits per heavy atom. The van der Waals surface area contributed by atoms with Crippen molar-refractivity contribution >= 4 is 5.78 Å². The first-order valence-electron chi connectivity index (χ1n) is 7.29. The first kappa shape index (κ1) is 12.8. The Bertz CT molecular complexity index is 445. The quantitative estimate of drug-likeness (QED) is 0.880. The Morgan fingerprint density at radius 2 is 2.00 bits per heavy atom. The summed E-state index contributed by atoms with van der Waals surface area (Å²) in [6.45, 7) is 4.10. The number of nitrogens with one attached hydrogen (secondary N) is 1. The highest BCUT2D eigenvalue weighted by molar-refractivity contribution is 5.79. The van der Waals surface area contributed by atoms with E-state index in [4.69, 9.17) is 0 Å². The number of hydrogen-bond acceptors (Lipinski definition) is 3. The Morgan fingerprint density at radius 1 is 1.16 bits per heavy atom. The van der Waals surface area contributed by atoms with Crippen molar-refractivity contribution in [3.05, 3.63) is 35.9 Å². The van der Waals surface area contributed by atoms with E-state index in [2.05, 4.69) is 40.5 Å². The van der Waals surface area contributed by atoms with E-state index in [0.29, 0.717) is 12.2 Å². The summed E-state index contributed by atoms with van der Waals surface area (Å²) in [6.07, 6.45) is 3.65. The maximum absolute atomic E-state index is 11.5. The third-order valence-corrected chi connectivity index (χ3v) is 4.47. The lowest BCUT2D eigenvalue weighted by atomic mass is 9.92. The molecule has 1 aromatic rings. The predicted molar refractivity (Wildman–Crippen MR) is 75.9 cm³/mol. The summed E-state index contributed by atoms with van der Waals surface area (Å²) in [5.41, 5.74) is 1.57. The van der Waals surface area contributed by atoms with Gasteiger partial charge in [0.25, 0.3) is 0 Å². The van der Waals surface area contributed by atoms with Crippen LogP contribution in [-0.4, -0.2) is 35.9 Å². The van der Waals surface area contributed by atoms with E-state index in [0.717, 1.165) is 39.0 Å². The van der Waals surface area contributed by atoms with Crippen molar-refractivity contribution in [1.82, 2.24) is 10.2 Å². The highest BCUT2D eigenvalue weighted by atomic mass is 16.1. The van der Waals surface area contributed by atoms with Gasteiger partial charge in [0.1, 0.15) is 5.78 Å². The molecular weight excluding hydrogens is 236 g/mol. The molecular formula is C16H22N2O. The number of rotatable bonds is 2. The zero-order chi connectivity index (χ0) is 13.1. The molecule has 3 heteroatoms. The number of carbonyl (C=O) groups excluding carboxylic acids is 1.